The molecule has 0 radical (unpaired) electrons. The molecule has 1 aliphatic heterocycles. The van der Waals surface area contributed by atoms with Crippen molar-refractivity contribution >= 4 is 23.5 Å². The Kier molecular flexibility index (Phi) is 12.7. The van der Waals surface area contributed by atoms with E-state index < -0.39 is 18.5 Å². The van der Waals surface area contributed by atoms with Crippen molar-refractivity contribution in [3.8, 4) is 5.75 Å². The first-order valence-electron chi connectivity index (χ1n) is 14.5. The van der Waals surface area contributed by atoms with E-state index in [0.29, 0.717) is 31.9 Å². The molecule has 0 atom stereocenters. The molecule has 1 saturated heterocycles. The molecule has 4 aromatic rings. The third-order valence-electron chi connectivity index (χ3n) is 7.45. The Morgan fingerprint density at radius 2 is 1.33 bits per heavy atom. The predicted octanol–water partition coefficient (Wildman–Crippen LogP) is 0.522. The Morgan fingerprint density at radius 3 is 1.91 bits per heavy atom. The number of carboxylic acids is 1. The van der Waals surface area contributed by atoms with Crippen LogP contribution < -0.4 is 44.7 Å². The van der Waals surface area contributed by atoms with Crippen LogP contribution in [0.3, 0.4) is 0 Å². The van der Waals surface area contributed by atoms with E-state index >= 15 is 0 Å². The Bertz CT molecular complexity index is 1510. The summed E-state index contributed by atoms with van der Waals surface area (Å²) in [7, 11) is 0. The molecule has 45 heavy (non-hydrogen) atoms. The number of carboxylic acid groups (broad SMARTS) is 1. The minimum atomic E-state index is -1.46. The summed E-state index contributed by atoms with van der Waals surface area (Å²) in [5.41, 5.74) is 3.16. The number of hydrogen-bond acceptors (Lipinski definition) is 7. The maximum absolute atomic E-state index is 12.9. The van der Waals surface area contributed by atoms with Gasteiger partial charge in [0, 0.05) is 31.7 Å². The summed E-state index contributed by atoms with van der Waals surface area (Å²) in [5, 5.41) is 14.3. The number of piperazine rings is 1. The second-order valence-electron chi connectivity index (χ2n) is 10.5. The molecule has 4 aromatic carbocycles. The van der Waals surface area contributed by atoms with Crippen LogP contribution in [-0.4, -0.2) is 67.0 Å². The minimum absolute atomic E-state index is 0. The first-order chi connectivity index (χ1) is 21.5. The summed E-state index contributed by atoms with van der Waals surface area (Å²) in [6.45, 7) is 2.06. The van der Waals surface area contributed by atoms with Gasteiger partial charge in [0.15, 0.2) is 0 Å². The van der Waals surface area contributed by atoms with Crippen molar-refractivity contribution < 1.29 is 58.5 Å². The van der Waals surface area contributed by atoms with E-state index in [-0.39, 0.29) is 66.0 Å². The normalized spacial score (nSPS) is 13.1. The van der Waals surface area contributed by atoms with E-state index in [0.717, 1.165) is 5.56 Å². The summed E-state index contributed by atoms with van der Waals surface area (Å²) in [4.78, 5) is 41.2. The second kappa shape index (κ2) is 16.9. The van der Waals surface area contributed by atoms with Crippen molar-refractivity contribution in [3.63, 3.8) is 0 Å². The summed E-state index contributed by atoms with van der Waals surface area (Å²) in [6.07, 6.45) is 0. The van der Waals surface area contributed by atoms with Gasteiger partial charge in [0.05, 0.1) is 17.7 Å². The molecular formula is C35H34N3NaO6. The number of benzene rings is 4. The first-order valence-corrected chi connectivity index (χ1v) is 14.5. The van der Waals surface area contributed by atoms with Crippen LogP contribution in [0.4, 0.5) is 5.69 Å². The molecule has 1 heterocycles. The molecular weight excluding hydrogens is 581 g/mol. The summed E-state index contributed by atoms with van der Waals surface area (Å²) in [6, 6.07) is 34.5. The maximum atomic E-state index is 12.9. The van der Waals surface area contributed by atoms with E-state index in [1.165, 1.54) is 23.3 Å². The second-order valence-corrected chi connectivity index (χ2v) is 10.5. The predicted molar refractivity (Wildman–Crippen MR) is 164 cm³/mol. The zero-order chi connectivity index (χ0) is 30.7. The van der Waals surface area contributed by atoms with E-state index in [1.807, 2.05) is 66.7 Å². The van der Waals surface area contributed by atoms with E-state index in [2.05, 4.69) is 34.5 Å². The third-order valence-corrected chi connectivity index (χ3v) is 7.45. The molecule has 5 rings (SSSR count). The number of nitrogens with zero attached hydrogens (tertiary/aromatic N) is 2. The number of aromatic carboxylic acids is 1. The van der Waals surface area contributed by atoms with Crippen molar-refractivity contribution in [2.24, 2.45) is 0 Å². The molecule has 0 unspecified atom stereocenters. The van der Waals surface area contributed by atoms with Gasteiger partial charge in [-0.25, -0.2) is 0 Å². The van der Waals surface area contributed by atoms with Crippen molar-refractivity contribution in [3.05, 3.63) is 131 Å². The molecule has 0 aliphatic carbocycles. The van der Waals surface area contributed by atoms with Crippen molar-refractivity contribution in [1.82, 2.24) is 9.80 Å². The molecule has 0 aromatic heterocycles. The van der Waals surface area contributed by atoms with Crippen LogP contribution in [0, 0.1) is 0 Å². The van der Waals surface area contributed by atoms with Gasteiger partial charge in [0.1, 0.15) is 25.6 Å². The first kappa shape index (κ1) is 33.9. The number of anilines is 1. The summed E-state index contributed by atoms with van der Waals surface area (Å²) < 4.78 is 11.1. The standard InChI is InChI=1S/C35H35N3O6.Na/c39-32(36-31-17-16-29(22-30(31)35(41)42)44-23-26-10-4-1-5-11-26)24-43-25-33(40)37-18-20-38(21-19-37)34(27-12-6-2-7-13-27)28-14-8-3-9-15-28;/h1-17,22,34H,18-21,23-25H2,(H,36,39)(H,41,42);/q;+1/p-1. The average molecular weight is 616 g/mol. The van der Waals surface area contributed by atoms with Gasteiger partial charge in [-0.15, -0.1) is 0 Å². The van der Waals surface area contributed by atoms with Crippen molar-refractivity contribution in [2.45, 2.75) is 12.6 Å². The minimum Gasteiger partial charge on any atom is -0.545 e. The molecule has 2 amide bonds. The quantitative estimate of drug-likeness (QED) is 0.232. The fourth-order valence-electron chi connectivity index (χ4n) is 5.25. The van der Waals surface area contributed by atoms with E-state index in [9.17, 15) is 19.5 Å². The number of rotatable bonds is 12. The van der Waals surface area contributed by atoms with Gasteiger partial charge in [-0.05, 0) is 34.9 Å². The largest absolute Gasteiger partial charge is 1.00 e. The van der Waals surface area contributed by atoms with Crippen molar-refractivity contribution in [1.29, 1.82) is 0 Å². The number of ether oxygens (including phenoxy) is 2. The topological polar surface area (TPSA) is 111 Å². The zero-order valence-electron chi connectivity index (χ0n) is 25.3. The molecule has 226 valence electrons. The monoisotopic (exact) mass is 615 g/mol. The Morgan fingerprint density at radius 1 is 0.756 bits per heavy atom. The van der Waals surface area contributed by atoms with Crippen LogP contribution >= 0.6 is 0 Å². The number of carbonyl (C=O) groups excluding carboxylic acids is 3. The van der Waals surface area contributed by atoms with Crippen molar-refractivity contribution in [2.75, 3.05) is 44.7 Å². The molecule has 9 nitrogen and oxygen atoms in total. The van der Waals surface area contributed by atoms with Gasteiger partial charge in [-0.3, -0.25) is 14.5 Å². The number of nitrogens with one attached hydrogen (secondary N) is 1. The van der Waals surface area contributed by atoms with Crippen LogP contribution in [0.1, 0.15) is 33.1 Å². The smallest absolute Gasteiger partial charge is 0.545 e. The molecule has 1 aliphatic rings. The molecule has 10 heteroatoms. The van der Waals surface area contributed by atoms with E-state index in [4.69, 9.17) is 9.47 Å². The number of hydrogen-bond donors (Lipinski definition) is 1. The van der Waals surface area contributed by atoms with Gasteiger partial charge < -0.3 is 29.6 Å². The SMILES string of the molecule is O=C(COCC(=O)N1CCN(C(c2ccccc2)c2ccccc2)CC1)Nc1ccc(OCc2ccccc2)cc1C(=O)[O-].[Na+]. The molecule has 0 saturated carbocycles. The maximum Gasteiger partial charge on any atom is 1.00 e. The molecule has 0 spiro atoms. The summed E-state index contributed by atoms with van der Waals surface area (Å²) in [5.74, 6) is -1.92. The van der Waals surface area contributed by atoms with Gasteiger partial charge >= 0.3 is 29.6 Å². The zero-order valence-corrected chi connectivity index (χ0v) is 27.3. The Labute approximate surface area is 285 Å². The van der Waals surface area contributed by atoms with Crippen LogP contribution in [0.2, 0.25) is 0 Å². The van der Waals surface area contributed by atoms with Gasteiger partial charge in [0.2, 0.25) is 11.8 Å². The van der Waals surface area contributed by atoms with E-state index in [1.54, 1.807) is 11.0 Å². The number of carbonyl (C=O) groups is 3. The van der Waals surface area contributed by atoms with Crippen LogP contribution in [-0.2, 0) is 20.9 Å². The average Bonchev–Trinajstić information content (AvgIpc) is 3.06. The van der Waals surface area contributed by atoms with Crippen LogP contribution in [0.5, 0.6) is 5.75 Å². The Hall–Kier alpha value is -3.99. The molecule has 1 N–H and O–H groups in total. The van der Waals surface area contributed by atoms with Crippen LogP contribution in [0.25, 0.3) is 0 Å². The van der Waals surface area contributed by atoms with Gasteiger partial charge in [-0.1, -0.05) is 91.0 Å². The van der Waals surface area contributed by atoms with Gasteiger partial charge in [0.25, 0.3) is 0 Å². The molecule has 1 fully saturated rings. The number of amides is 2. The van der Waals surface area contributed by atoms with Crippen LogP contribution in [0.15, 0.2) is 109 Å². The third kappa shape index (κ3) is 9.50. The molecule has 0 bridgehead atoms. The fraction of sp³-hybridized carbons (Fsp3) is 0.229. The Balaban J connectivity index is 0.00000461. The fourth-order valence-corrected chi connectivity index (χ4v) is 5.25. The summed E-state index contributed by atoms with van der Waals surface area (Å²) >= 11 is 0. The van der Waals surface area contributed by atoms with Gasteiger partial charge in [-0.2, -0.15) is 0 Å².